The van der Waals surface area contributed by atoms with E-state index in [1.165, 1.54) is 0 Å². The third-order valence-electron chi connectivity index (χ3n) is 4.89. The molecular weight excluding hydrogens is 334 g/mol. The Bertz CT molecular complexity index is 752. The fourth-order valence-electron chi connectivity index (χ4n) is 3.42. The van der Waals surface area contributed by atoms with Crippen molar-refractivity contribution in [3.05, 3.63) is 23.0 Å². The molecule has 0 saturated carbocycles. The predicted molar refractivity (Wildman–Crippen MR) is 96.6 cm³/mol. The molecule has 3 rings (SSSR count). The minimum absolute atomic E-state index is 0.0867. The molecular formula is C18H25N5O3. The van der Waals surface area contributed by atoms with Crippen LogP contribution in [0.2, 0.25) is 0 Å². The molecule has 2 N–H and O–H groups in total. The highest BCUT2D eigenvalue weighted by Gasteiger charge is 2.27. The molecule has 8 nitrogen and oxygen atoms in total. The monoisotopic (exact) mass is 359 g/mol. The number of carbonyl (C=O) groups excluding carboxylic acids is 3. The number of amides is 3. The summed E-state index contributed by atoms with van der Waals surface area (Å²) in [7, 11) is 0. The van der Waals surface area contributed by atoms with Crippen LogP contribution in [0.5, 0.6) is 0 Å². The van der Waals surface area contributed by atoms with Crippen molar-refractivity contribution in [2.24, 2.45) is 5.10 Å². The van der Waals surface area contributed by atoms with E-state index in [1.54, 1.807) is 4.90 Å². The van der Waals surface area contributed by atoms with Crippen LogP contribution in [0.25, 0.3) is 0 Å². The molecule has 0 aromatic carbocycles. The number of rotatable bonds is 3. The van der Waals surface area contributed by atoms with Crippen LogP contribution in [-0.2, 0) is 20.8 Å². The van der Waals surface area contributed by atoms with Crippen LogP contribution in [0.1, 0.15) is 36.2 Å². The first-order chi connectivity index (χ1) is 12.4. The summed E-state index contributed by atoms with van der Waals surface area (Å²) in [5.74, 6) is -0.218. The van der Waals surface area contributed by atoms with Gasteiger partial charge in [-0.2, -0.15) is 5.10 Å². The lowest BCUT2D eigenvalue weighted by atomic mass is 10.1. The van der Waals surface area contributed by atoms with E-state index in [-0.39, 0.29) is 17.7 Å². The molecule has 0 bridgehead atoms. The molecule has 1 saturated heterocycles. The van der Waals surface area contributed by atoms with Gasteiger partial charge in [0.05, 0.1) is 6.42 Å². The number of aromatic amines is 1. The molecule has 140 valence electrons. The van der Waals surface area contributed by atoms with Gasteiger partial charge in [-0.3, -0.25) is 14.4 Å². The van der Waals surface area contributed by atoms with Gasteiger partial charge < -0.3 is 14.8 Å². The van der Waals surface area contributed by atoms with Crippen molar-refractivity contribution < 1.29 is 14.4 Å². The summed E-state index contributed by atoms with van der Waals surface area (Å²) in [5.41, 5.74) is 5.86. The zero-order chi connectivity index (χ0) is 18.7. The van der Waals surface area contributed by atoms with Crippen molar-refractivity contribution in [1.82, 2.24) is 20.2 Å². The largest absolute Gasteiger partial charge is 0.362 e. The number of hydrogen-bond donors (Lipinski definition) is 2. The molecule has 26 heavy (non-hydrogen) atoms. The van der Waals surface area contributed by atoms with Crippen molar-refractivity contribution in [2.45, 2.75) is 39.5 Å². The van der Waals surface area contributed by atoms with E-state index in [0.717, 1.165) is 23.4 Å². The molecule has 1 fully saturated rings. The maximum Gasteiger partial charge on any atom is 0.270 e. The van der Waals surface area contributed by atoms with E-state index in [9.17, 15) is 14.4 Å². The number of H-pyrrole nitrogens is 1. The Labute approximate surface area is 152 Å². The van der Waals surface area contributed by atoms with Crippen LogP contribution in [0.4, 0.5) is 0 Å². The SMILES string of the molecule is Cc1cc(CC(=O)N2CCCN(C(=O)C3=NNC(=O)CC3)CC2)c(C)[nH]1. The Kier molecular flexibility index (Phi) is 5.39. The van der Waals surface area contributed by atoms with Crippen LogP contribution in [0.3, 0.4) is 0 Å². The fourth-order valence-corrected chi connectivity index (χ4v) is 3.42. The van der Waals surface area contributed by atoms with Gasteiger partial charge in [-0.15, -0.1) is 0 Å². The third kappa shape index (κ3) is 4.12. The van der Waals surface area contributed by atoms with Crippen molar-refractivity contribution in [1.29, 1.82) is 0 Å². The highest BCUT2D eigenvalue weighted by atomic mass is 16.2. The van der Waals surface area contributed by atoms with Crippen molar-refractivity contribution in [2.75, 3.05) is 26.2 Å². The average molecular weight is 359 g/mol. The summed E-state index contributed by atoms with van der Waals surface area (Å²) in [6.07, 6.45) is 1.78. The Morgan fingerprint density at radius 3 is 2.50 bits per heavy atom. The molecule has 1 aromatic rings. The van der Waals surface area contributed by atoms with E-state index in [4.69, 9.17) is 0 Å². The van der Waals surface area contributed by atoms with E-state index in [1.807, 2.05) is 24.8 Å². The maximum absolute atomic E-state index is 12.6. The van der Waals surface area contributed by atoms with Gasteiger partial charge in [0.2, 0.25) is 11.8 Å². The van der Waals surface area contributed by atoms with Crippen LogP contribution in [0.15, 0.2) is 11.2 Å². The zero-order valence-electron chi connectivity index (χ0n) is 15.3. The van der Waals surface area contributed by atoms with Gasteiger partial charge in [0.25, 0.3) is 5.91 Å². The molecule has 3 heterocycles. The Hall–Kier alpha value is -2.64. The summed E-state index contributed by atoms with van der Waals surface area (Å²) in [6, 6.07) is 2.01. The molecule has 2 aliphatic rings. The topological polar surface area (TPSA) is 97.9 Å². The molecule has 0 spiro atoms. The van der Waals surface area contributed by atoms with Gasteiger partial charge >= 0.3 is 0 Å². The Morgan fingerprint density at radius 1 is 1.12 bits per heavy atom. The molecule has 0 atom stereocenters. The van der Waals surface area contributed by atoms with Crippen LogP contribution in [-0.4, -0.2) is 64.4 Å². The highest BCUT2D eigenvalue weighted by Crippen LogP contribution is 2.13. The molecule has 0 radical (unpaired) electrons. The summed E-state index contributed by atoms with van der Waals surface area (Å²) in [5, 5.41) is 3.88. The number of nitrogens with one attached hydrogen (secondary N) is 2. The average Bonchev–Trinajstić information content (AvgIpc) is 2.81. The van der Waals surface area contributed by atoms with Crippen LogP contribution >= 0.6 is 0 Å². The summed E-state index contributed by atoms with van der Waals surface area (Å²) in [6.45, 7) is 6.20. The standard InChI is InChI=1S/C18H25N5O3/c1-12-10-14(13(2)19-12)11-17(25)22-6-3-7-23(9-8-22)18(26)15-4-5-16(24)21-20-15/h10,19H,3-9,11H2,1-2H3,(H,21,24). The third-order valence-corrected chi connectivity index (χ3v) is 4.89. The lowest BCUT2D eigenvalue weighted by Crippen LogP contribution is -2.42. The second-order valence-corrected chi connectivity index (χ2v) is 6.90. The molecule has 8 heteroatoms. The second-order valence-electron chi connectivity index (χ2n) is 6.90. The smallest absolute Gasteiger partial charge is 0.270 e. The molecule has 1 aromatic heterocycles. The van der Waals surface area contributed by atoms with Crippen LogP contribution < -0.4 is 5.43 Å². The van der Waals surface area contributed by atoms with Crippen molar-refractivity contribution >= 4 is 23.4 Å². The second kappa shape index (κ2) is 7.72. The number of aryl methyl sites for hydroxylation is 2. The fraction of sp³-hybridized carbons (Fsp3) is 0.556. The molecule has 3 amide bonds. The van der Waals surface area contributed by atoms with Gasteiger partial charge in [0.1, 0.15) is 5.71 Å². The summed E-state index contributed by atoms with van der Waals surface area (Å²) in [4.78, 5) is 43.2. The van der Waals surface area contributed by atoms with E-state index < -0.39 is 0 Å². The number of carbonyl (C=O) groups is 3. The summed E-state index contributed by atoms with van der Waals surface area (Å²) < 4.78 is 0. The van der Waals surface area contributed by atoms with E-state index >= 15 is 0 Å². The predicted octanol–water partition coefficient (Wildman–Crippen LogP) is 0.501. The number of hydrogen-bond acceptors (Lipinski definition) is 4. The first-order valence-corrected chi connectivity index (χ1v) is 9.01. The normalized spacial score (nSPS) is 18.2. The molecule has 0 aliphatic carbocycles. The van der Waals surface area contributed by atoms with Gasteiger partial charge in [-0.25, -0.2) is 5.43 Å². The van der Waals surface area contributed by atoms with Crippen LogP contribution in [0, 0.1) is 13.8 Å². The quantitative estimate of drug-likeness (QED) is 0.822. The van der Waals surface area contributed by atoms with Gasteiger partial charge in [0, 0.05) is 50.4 Å². The molecule has 0 unspecified atom stereocenters. The first kappa shape index (κ1) is 18.2. The maximum atomic E-state index is 12.6. The lowest BCUT2D eigenvalue weighted by molar-refractivity contribution is -0.131. The lowest BCUT2D eigenvalue weighted by Gasteiger charge is -2.23. The van der Waals surface area contributed by atoms with Gasteiger partial charge in [-0.1, -0.05) is 0 Å². The minimum Gasteiger partial charge on any atom is -0.362 e. The summed E-state index contributed by atoms with van der Waals surface area (Å²) >= 11 is 0. The number of aromatic nitrogens is 1. The first-order valence-electron chi connectivity index (χ1n) is 9.01. The Morgan fingerprint density at radius 2 is 1.85 bits per heavy atom. The highest BCUT2D eigenvalue weighted by molar-refractivity contribution is 6.39. The number of hydrazone groups is 1. The molecule has 2 aliphatic heterocycles. The number of nitrogens with zero attached hydrogens (tertiary/aromatic N) is 3. The Balaban J connectivity index is 1.57. The van der Waals surface area contributed by atoms with Crippen molar-refractivity contribution in [3.63, 3.8) is 0 Å². The zero-order valence-corrected chi connectivity index (χ0v) is 15.3. The van der Waals surface area contributed by atoms with Gasteiger partial charge in [0.15, 0.2) is 0 Å². The van der Waals surface area contributed by atoms with Crippen molar-refractivity contribution in [3.8, 4) is 0 Å². The van der Waals surface area contributed by atoms with Gasteiger partial charge in [-0.05, 0) is 31.9 Å². The minimum atomic E-state index is -0.163. The van der Waals surface area contributed by atoms with E-state index in [2.05, 4.69) is 15.5 Å². The van der Waals surface area contributed by atoms with E-state index in [0.29, 0.717) is 51.2 Å².